The van der Waals surface area contributed by atoms with Crippen molar-refractivity contribution in [2.45, 2.75) is 25.3 Å². The van der Waals surface area contributed by atoms with Gasteiger partial charge in [0.25, 0.3) is 0 Å². The summed E-state index contributed by atoms with van der Waals surface area (Å²) in [5.74, 6) is 0.688. The van der Waals surface area contributed by atoms with E-state index in [0.717, 1.165) is 26.2 Å². The molecule has 0 bridgehead atoms. The van der Waals surface area contributed by atoms with Gasteiger partial charge in [0, 0.05) is 25.1 Å². The maximum absolute atomic E-state index is 5.87. The van der Waals surface area contributed by atoms with E-state index in [9.17, 15) is 0 Å². The summed E-state index contributed by atoms with van der Waals surface area (Å²) in [5, 5.41) is 4.92. The second-order valence-corrected chi connectivity index (χ2v) is 5.75. The molecule has 3 rings (SSSR count). The minimum atomic E-state index is 0.688. The Hall–Kier alpha value is -1.39. The third-order valence-corrected chi connectivity index (χ3v) is 4.21. The number of rotatable bonds is 4. The molecule has 0 N–H and O–H groups in total. The number of halogens is 1. The molecule has 5 heteroatoms. The maximum Gasteiger partial charge on any atom is 0.0785 e. The molecule has 106 valence electrons. The SMILES string of the molecule is Clc1cnn(CCN2CCC(c3ccncc3)CC2)c1. The molecule has 0 atom stereocenters. The van der Waals surface area contributed by atoms with Gasteiger partial charge in [-0.05, 0) is 49.5 Å². The van der Waals surface area contributed by atoms with E-state index in [2.05, 4.69) is 27.1 Å². The lowest BCUT2D eigenvalue weighted by atomic mass is 9.90. The Kier molecular flexibility index (Phi) is 4.33. The summed E-state index contributed by atoms with van der Waals surface area (Å²) in [5.41, 5.74) is 1.43. The highest BCUT2D eigenvalue weighted by Gasteiger charge is 2.20. The molecule has 0 aliphatic carbocycles. The van der Waals surface area contributed by atoms with Crippen LogP contribution in [-0.2, 0) is 6.54 Å². The van der Waals surface area contributed by atoms with Crippen molar-refractivity contribution in [3.8, 4) is 0 Å². The Morgan fingerprint density at radius 1 is 1.15 bits per heavy atom. The fraction of sp³-hybridized carbons (Fsp3) is 0.467. The topological polar surface area (TPSA) is 34.0 Å². The van der Waals surface area contributed by atoms with E-state index in [1.54, 1.807) is 6.20 Å². The van der Waals surface area contributed by atoms with E-state index >= 15 is 0 Å². The number of nitrogens with zero attached hydrogens (tertiary/aromatic N) is 4. The van der Waals surface area contributed by atoms with Crippen LogP contribution < -0.4 is 0 Å². The van der Waals surface area contributed by atoms with Crippen LogP contribution in [0.1, 0.15) is 24.3 Å². The van der Waals surface area contributed by atoms with E-state index in [0.29, 0.717) is 10.9 Å². The number of likely N-dealkylation sites (tertiary alicyclic amines) is 1. The molecule has 0 spiro atoms. The van der Waals surface area contributed by atoms with Crippen molar-refractivity contribution >= 4 is 11.6 Å². The first-order valence-corrected chi connectivity index (χ1v) is 7.49. The van der Waals surface area contributed by atoms with Crippen LogP contribution in [0.4, 0.5) is 0 Å². The van der Waals surface area contributed by atoms with Crippen LogP contribution >= 0.6 is 11.6 Å². The van der Waals surface area contributed by atoms with Gasteiger partial charge < -0.3 is 4.90 Å². The van der Waals surface area contributed by atoms with Gasteiger partial charge >= 0.3 is 0 Å². The minimum Gasteiger partial charge on any atom is -0.301 e. The molecule has 2 aromatic heterocycles. The summed E-state index contributed by atoms with van der Waals surface area (Å²) in [4.78, 5) is 6.60. The van der Waals surface area contributed by atoms with Crippen molar-refractivity contribution in [3.05, 3.63) is 47.5 Å². The molecule has 0 aromatic carbocycles. The molecule has 3 heterocycles. The van der Waals surface area contributed by atoms with E-state index in [1.165, 1.54) is 18.4 Å². The minimum absolute atomic E-state index is 0.688. The molecule has 20 heavy (non-hydrogen) atoms. The van der Waals surface area contributed by atoms with Crippen molar-refractivity contribution in [2.24, 2.45) is 0 Å². The number of hydrogen-bond acceptors (Lipinski definition) is 3. The van der Waals surface area contributed by atoms with Gasteiger partial charge in [0.05, 0.1) is 17.8 Å². The summed E-state index contributed by atoms with van der Waals surface area (Å²) < 4.78 is 1.91. The first-order chi connectivity index (χ1) is 9.81. The van der Waals surface area contributed by atoms with Gasteiger partial charge in [-0.3, -0.25) is 9.67 Å². The van der Waals surface area contributed by atoms with Gasteiger partial charge in [0.1, 0.15) is 0 Å². The molecule has 0 radical (unpaired) electrons. The Morgan fingerprint density at radius 3 is 2.55 bits per heavy atom. The third kappa shape index (κ3) is 3.38. The van der Waals surface area contributed by atoms with E-state index in [1.807, 2.05) is 23.3 Å². The van der Waals surface area contributed by atoms with E-state index < -0.39 is 0 Å². The summed E-state index contributed by atoms with van der Waals surface area (Å²) in [6, 6.07) is 4.29. The molecule has 1 fully saturated rings. The second-order valence-electron chi connectivity index (χ2n) is 5.32. The highest BCUT2D eigenvalue weighted by atomic mass is 35.5. The van der Waals surface area contributed by atoms with Crippen LogP contribution in [0.25, 0.3) is 0 Å². The van der Waals surface area contributed by atoms with Gasteiger partial charge in [-0.15, -0.1) is 0 Å². The van der Waals surface area contributed by atoms with E-state index in [4.69, 9.17) is 11.6 Å². The van der Waals surface area contributed by atoms with Gasteiger partial charge in [-0.25, -0.2) is 0 Å². The molecule has 0 amide bonds. The lowest BCUT2D eigenvalue weighted by Gasteiger charge is -2.32. The quantitative estimate of drug-likeness (QED) is 0.868. The zero-order chi connectivity index (χ0) is 13.8. The molecular formula is C15H19ClN4. The average Bonchev–Trinajstić information content (AvgIpc) is 2.92. The van der Waals surface area contributed by atoms with Crippen molar-refractivity contribution in [3.63, 3.8) is 0 Å². The normalized spacial score (nSPS) is 17.4. The highest BCUT2D eigenvalue weighted by molar-refractivity contribution is 6.30. The highest BCUT2D eigenvalue weighted by Crippen LogP contribution is 2.27. The molecule has 1 aliphatic heterocycles. The molecule has 1 aliphatic rings. The third-order valence-electron chi connectivity index (χ3n) is 4.01. The van der Waals surface area contributed by atoms with Crippen molar-refractivity contribution in [1.82, 2.24) is 19.7 Å². The summed E-state index contributed by atoms with van der Waals surface area (Å²) in [6.45, 7) is 4.26. The fourth-order valence-electron chi connectivity index (χ4n) is 2.83. The Morgan fingerprint density at radius 2 is 1.90 bits per heavy atom. The maximum atomic E-state index is 5.87. The van der Waals surface area contributed by atoms with Gasteiger partial charge in [0.2, 0.25) is 0 Å². The van der Waals surface area contributed by atoms with Crippen molar-refractivity contribution in [1.29, 1.82) is 0 Å². The molecule has 1 saturated heterocycles. The lowest BCUT2D eigenvalue weighted by Crippen LogP contribution is -2.35. The van der Waals surface area contributed by atoms with Gasteiger partial charge in [0.15, 0.2) is 0 Å². The van der Waals surface area contributed by atoms with Crippen LogP contribution in [0.3, 0.4) is 0 Å². The molecule has 0 unspecified atom stereocenters. The molecular weight excluding hydrogens is 272 g/mol. The molecule has 2 aromatic rings. The second kappa shape index (κ2) is 6.37. The molecule has 4 nitrogen and oxygen atoms in total. The zero-order valence-corrected chi connectivity index (χ0v) is 12.2. The van der Waals surface area contributed by atoms with Gasteiger partial charge in [-0.1, -0.05) is 11.6 Å². The largest absolute Gasteiger partial charge is 0.301 e. The summed E-state index contributed by atoms with van der Waals surface area (Å²) in [7, 11) is 0. The van der Waals surface area contributed by atoms with Gasteiger partial charge in [-0.2, -0.15) is 5.10 Å². The number of hydrogen-bond donors (Lipinski definition) is 0. The van der Waals surface area contributed by atoms with Crippen LogP contribution in [0, 0.1) is 0 Å². The first kappa shape index (κ1) is 13.6. The average molecular weight is 291 g/mol. The van der Waals surface area contributed by atoms with Crippen LogP contribution in [-0.4, -0.2) is 39.3 Å². The van der Waals surface area contributed by atoms with Crippen LogP contribution in [0.2, 0.25) is 5.02 Å². The predicted octanol–water partition coefficient (Wildman–Crippen LogP) is 2.81. The monoisotopic (exact) mass is 290 g/mol. The Bertz CT molecular complexity index is 532. The van der Waals surface area contributed by atoms with Crippen LogP contribution in [0.15, 0.2) is 36.9 Å². The smallest absolute Gasteiger partial charge is 0.0785 e. The lowest BCUT2D eigenvalue weighted by molar-refractivity contribution is 0.203. The first-order valence-electron chi connectivity index (χ1n) is 7.11. The predicted molar refractivity (Wildman–Crippen MR) is 79.9 cm³/mol. The Labute approximate surface area is 124 Å². The summed E-state index contributed by atoms with van der Waals surface area (Å²) in [6.07, 6.45) is 9.81. The van der Waals surface area contributed by atoms with Crippen LogP contribution in [0.5, 0.6) is 0 Å². The zero-order valence-electron chi connectivity index (χ0n) is 11.5. The van der Waals surface area contributed by atoms with Crippen molar-refractivity contribution < 1.29 is 0 Å². The number of aromatic nitrogens is 3. The standard InChI is InChI=1S/C15H19ClN4/c16-15-11-18-20(12-15)10-9-19-7-3-14(4-8-19)13-1-5-17-6-2-13/h1-2,5-6,11-12,14H,3-4,7-10H2. The number of piperidine rings is 1. The Balaban J connectivity index is 1.47. The molecule has 0 saturated carbocycles. The van der Waals surface area contributed by atoms with E-state index in [-0.39, 0.29) is 0 Å². The number of pyridine rings is 1. The fourth-order valence-corrected chi connectivity index (χ4v) is 2.99. The summed E-state index contributed by atoms with van der Waals surface area (Å²) >= 11 is 5.87. The van der Waals surface area contributed by atoms with Crippen molar-refractivity contribution in [2.75, 3.05) is 19.6 Å².